The van der Waals surface area contributed by atoms with Gasteiger partial charge in [0.15, 0.2) is 0 Å². The van der Waals surface area contributed by atoms with Gasteiger partial charge in [0.25, 0.3) is 0 Å². The van der Waals surface area contributed by atoms with Crippen LogP contribution in [0.15, 0.2) is 29.3 Å². The number of aromatic nitrogens is 1. The summed E-state index contributed by atoms with van der Waals surface area (Å²) in [5.41, 5.74) is 7.51. The molecule has 1 heterocycles. The van der Waals surface area contributed by atoms with E-state index in [4.69, 9.17) is 5.73 Å². The molecule has 0 bridgehead atoms. The third-order valence-electron chi connectivity index (χ3n) is 1.70. The van der Waals surface area contributed by atoms with E-state index in [1.807, 2.05) is 18.2 Å². The van der Waals surface area contributed by atoms with Crippen molar-refractivity contribution in [3.05, 3.63) is 24.4 Å². The zero-order chi connectivity index (χ0) is 7.84. The highest BCUT2D eigenvalue weighted by Crippen LogP contribution is 2.22. The fourth-order valence-corrected chi connectivity index (χ4v) is 1.33. The van der Waals surface area contributed by atoms with E-state index in [1.54, 1.807) is 6.20 Å². The molecule has 0 atom stereocenters. The van der Waals surface area contributed by atoms with E-state index in [-0.39, 0.29) is 0 Å². The van der Waals surface area contributed by atoms with Crippen molar-refractivity contribution in [2.24, 2.45) is 0 Å². The van der Waals surface area contributed by atoms with E-state index in [2.05, 4.69) is 17.6 Å². The summed E-state index contributed by atoms with van der Waals surface area (Å²) in [4.78, 5) is 3.99. The van der Waals surface area contributed by atoms with E-state index >= 15 is 0 Å². The molecule has 3 N–H and O–H groups in total. The molecule has 3 heteroatoms. The van der Waals surface area contributed by atoms with Gasteiger partial charge < -0.3 is 10.7 Å². The molecule has 11 heavy (non-hydrogen) atoms. The van der Waals surface area contributed by atoms with Gasteiger partial charge >= 0.3 is 0 Å². The summed E-state index contributed by atoms with van der Waals surface area (Å²) in [6.07, 6.45) is 1.79. The lowest BCUT2D eigenvalue weighted by atomic mass is 10.2. The molecule has 56 valence electrons. The Balaban J connectivity index is 2.87. The summed E-state index contributed by atoms with van der Waals surface area (Å²) in [6, 6.07) is 5.85. The fraction of sp³-hybridized carbons (Fsp3) is 0. The quantitative estimate of drug-likeness (QED) is 0.512. The Hall–Kier alpha value is -1.09. The number of benzene rings is 1. The maximum absolute atomic E-state index is 5.68. The Kier molecular flexibility index (Phi) is 1.32. The lowest BCUT2D eigenvalue weighted by Gasteiger charge is -1.92. The number of fused-ring (bicyclic) bond motifs is 1. The van der Waals surface area contributed by atoms with E-state index < -0.39 is 0 Å². The van der Waals surface area contributed by atoms with E-state index in [0.717, 1.165) is 21.5 Å². The first kappa shape index (κ1) is 6.61. The van der Waals surface area contributed by atoms with E-state index in [1.165, 1.54) is 0 Å². The van der Waals surface area contributed by atoms with Crippen molar-refractivity contribution in [2.45, 2.75) is 4.90 Å². The fourth-order valence-electron chi connectivity index (χ4n) is 1.13. The third-order valence-corrected chi connectivity index (χ3v) is 1.98. The van der Waals surface area contributed by atoms with Crippen LogP contribution in [0.3, 0.4) is 0 Å². The Labute approximate surface area is 69.8 Å². The van der Waals surface area contributed by atoms with Crippen LogP contribution < -0.4 is 5.73 Å². The van der Waals surface area contributed by atoms with Gasteiger partial charge in [0.1, 0.15) is 0 Å². The van der Waals surface area contributed by atoms with Gasteiger partial charge in [0.05, 0.1) is 5.69 Å². The van der Waals surface area contributed by atoms with Crippen LogP contribution in [0.2, 0.25) is 0 Å². The van der Waals surface area contributed by atoms with Crippen LogP contribution in [0, 0.1) is 0 Å². The summed E-state index contributed by atoms with van der Waals surface area (Å²) in [5, 5.41) is 1.04. The number of thiol groups is 1. The third kappa shape index (κ3) is 0.973. The van der Waals surface area contributed by atoms with Crippen molar-refractivity contribution in [1.29, 1.82) is 0 Å². The molecule has 0 radical (unpaired) electrons. The highest BCUT2D eigenvalue weighted by molar-refractivity contribution is 7.80. The minimum Gasteiger partial charge on any atom is -0.397 e. The number of rotatable bonds is 0. The van der Waals surface area contributed by atoms with Gasteiger partial charge in [-0.25, -0.2) is 0 Å². The first-order valence-electron chi connectivity index (χ1n) is 3.33. The van der Waals surface area contributed by atoms with Crippen LogP contribution in [0.5, 0.6) is 0 Å². The molecule has 1 aromatic carbocycles. The highest BCUT2D eigenvalue weighted by atomic mass is 32.1. The maximum Gasteiger partial charge on any atom is 0.0572 e. The Bertz CT molecular complexity index is 392. The lowest BCUT2D eigenvalue weighted by molar-refractivity contribution is 1.46. The molecule has 0 saturated heterocycles. The van der Waals surface area contributed by atoms with Crippen molar-refractivity contribution in [1.82, 2.24) is 4.98 Å². The zero-order valence-electron chi connectivity index (χ0n) is 5.83. The number of nitrogen functional groups attached to an aromatic ring is 1. The summed E-state index contributed by atoms with van der Waals surface area (Å²) in [5.74, 6) is 0. The Morgan fingerprint density at radius 1 is 1.36 bits per heavy atom. The topological polar surface area (TPSA) is 41.8 Å². The molecule has 2 rings (SSSR count). The number of aromatic amines is 1. The summed E-state index contributed by atoms with van der Waals surface area (Å²) >= 11 is 4.21. The predicted octanol–water partition coefficient (Wildman–Crippen LogP) is 2.04. The molecule has 0 spiro atoms. The van der Waals surface area contributed by atoms with Gasteiger partial charge in [-0.15, -0.1) is 12.6 Å². The first-order valence-corrected chi connectivity index (χ1v) is 3.77. The molecular formula is C8H8N2S. The second-order valence-corrected chi connectivity index (χ2v) is 2.99. The van der Waals surface area contributed by atoms with Gasteiger partial charge in [-0.2, -0.15) is 0 Å². The number of hydrogen-bond acceptors (Lipinski definition) is 2. The molecule has 0 unspecified atom stereocenters. The lowest BCUT2D eigenvalue weighted by Crippen LogP contribution is -1.79. The average molecular weight is 164 g/mol. The van der Waals surface area contributed by atoms with Gasteiger partial charge in [-0.3, -0.25) is 0 Å². The van der Waals surface area contributed by atoms with Gasteiger partial charge in [0.2, 0.25) is 0 Å². The molecule has 0 fully saturated rings. The van der Waals surface area contributed by atoms with Crippen LogP contribution in [-0.4, -0.2) is 4.98 Å². The molecule has 1 aromatic heterocycles. The van der Waals surface area contributed by atoms with Crippen LogP contribution >= 0.6 is 12.6 Å². The molecule has 0 amide bonds. The Morgan fingerprint density at radius 3 is 3.00 bits per heavy atom. The van der Waals surface area contributed by atoms with Gasteiger partial charge in [-0.05, 0) is 18.2 Å². The number of anilines is 1. The van der Waals surface area contributed by atoms with Gasteiger partial charge in [-0.1, -0.05) is 0 Å². The second-order valence-electron chi connectivity index (χ2n) is 2.47. The van der Waals surface area contributed by atoms with Crippen LogP contribution in [-0.2, 0) is 0 Å². The van der Waals surface area contributed by atoms with Crippen LogP contribution in [0.4, 0.5) is 5.69 Å². The van der Waals surface area contributed by atoms with Crippen molar-refractivity contribution in [3.8, 4) is 0 Å². The number of hydrogen-bond donors (Lipinski definition) is 3. The van der Waals surface area contributed by atoms with Crippen molar-refractivity contribution in [3.63, 3.8) is 0 Å². The smallest absolute Gasteiger partial charge is 0.0572 e. The second kappa shape index (κ2) is 2.20. The zero-order valence-corrected chi connectivity index (χ0v) is 6.73. The average Bonchev–Trinajstić information content (AvgIpc) is 2.33. The van der Waals surface area contributed by atoms with Crippen LogP contribution in [0.1, 0.15) is 0 Å². The Morgan fingerprint density at radius 2 is 2.18 bits per heavy atom. The molecule has 2 aromatic rings. The van der Waals surface area contributed by atoms with Crippen molar-refractivity contribution < 1.29 is 0 Å². The molecule has 0 aliphatic heterocycles. The highest BCUT2D eigenvalue weighted by Gasteiger charge is 1.98. The SMILES string of the molecule is Nc1c[nH]c2ccc(S)cc12. The van der Waals surface area contributed by atoms with Crippen molar-refractivity contribution in [2.75, 3.05) is 5.73 Å². The molecular weight excluding hydrogens is 156 g/mol. The molecule has 0 saturated carbocycles. The number of H-pyrrole nitrogens is 1. The number of nitrogens with one attached hydrogen (secondary N) is 1. The maximum atomic E-state index is 5.68. The first-order chi connectivity index (χ1) is 5.27. The molecule has 0 aliphatic carbocycles. The van der Waals surface area contributed by atoms with E-state index in [9.17, 15) is 0 Å². The van der Waals surface area contributed by atoms with Crippen LogP contribution in [0.25, 0.3) is 10.9 Å². The minimum absolute atomic E-state index is 0.774. The summed E-state index contributed by atoms with van der Waals surface area (Å²) in [6.45, 7) is 0. The monoisotopic (exact) mass is 164 g/mol. The minimum atomic E-state index is 0.774. The molecule has 2 nitrogen and oxygen atoms in total. The largest absolute Gasteiger partial charge is 0.397 e. The summed E-state index contributed by atoms with van der Waals surface area (Å²) in [7, 11) is 0. The van der Waals surface area contributed by atoms with Gasteiger partial charge in [0, 0.05) is 22.0 Å². The standard InChI is InChI=1S/C8H8N2S/c9-7-4-10-8-2-1-5(11)3-6(7)8/h1-4,10-11H,9H2. The molecule has 0 aliphatic rings. The van der Waals surface area contributed by atoms with E-state index in [0.29, 0.717) is 0 Å². The summed E-state index contributed by atoms with van der Waals surface area (Å²) < 4.78 is 0. The predicted molar refractivity (Wildman–Crippen MR) is 50.0 cm³/mol. The van der Waals surface area contributed by atoms with Crippen molar-refractivity contribution >= 4 is 29.2 Å². The number of nitrogens with two attached hydrogens (primary N) is 1. The normalized spacial score (nSPS) is 10.6.